The van der Waals surface area contributed by atoms with Crippen LogP contribution in [0.25, 0.3) is 0 Å². The first-order valence-corrected chi connectivity index (χ1v) is 6.57. The number of ether oxygens (including phenoxy) is 1. The highest BCUT2D eigenvalue weighted by Gasteiger charge is 2.16. The minimum atomic E-state index is -0.499. The molecule has 0 saturated carbocycles. The molecule has 1 atom stereocenters. The molecule has 0 aliphatic heterocycles. The van der Waals surface area contributed by atoms with Crippen LogP contribution < -0.4 is 10.1 Å². The van der Waals surface area contributed by atoms with E-state index in [9.17, 15) is 5.11 Å². The third kappa shape index (κ3) is 5.71. The van der Waals surface area contributed by atoms with Gasteiger partial charge in [-0.3, -0.25) is 0 Å². The average molecular weight is 273 g/mol. The summed E-state index contributed by atoms with van der Waals surface area (Å²) in [5, 5.41) is 12.5. The predicted molar refractivity (Wildman–Crippen MR) is 74.2 cm³/mol. The van der Waals surface area contributed by atoms with E-state index in [0.29, 0.717) is 17.3 Å². The van der Waals surface area contributed by atoms with Crippen LogP contribution in [0.15, 0.2) is 18.2 Å². The Morgan fingerprint density at radius 3 is 2.67 bits per heavy atom. The molecular formula is C14H23ClNO2+. The van der Waals surface area contributed by atoms with Gasteiger partial charge in [-0.15, -0.1) is 0 Å². The Morgan fingerprint density at radius 1 is 1.39 bits per heavy atom. The van der Waals surface area contributed by atoms with Crippen molar-refractivity contribution in [2.75, 3.05) is 13.2 Å². The van der Waals surface area contributed by atoms with Crippen molar-refractivity contribution in [1.82, 2.24) is 0 Å². The minimum absolute atomic E-state index is 0.113. The van der Waals surface area contributed by atoms with Crippen molar-refractivity contribution in [2.24, 2.45) is 0 Å². The summed E-state index contributed by atoms with van der Waals surface area (Å²) < 4.78 is 5.54. The second-order valence-corrected chi connectivity index (χ2v) is 6.11. The van der Waals surface area contributed by atoms with E-state index in [0.717, 1.165) is 5.56 Å². The molecule has 3 nitrogen and oxygen atoms in total. The quantitative estimate of drug-likeness (QED) is 0.858. The molecule has 1 rings (SSSR count). The molecule has 0 bridgehead atoms. The topological polar surface area (TPSA) is 46.1 Å². The number of halogens is 1. The summed E-state index contributed by atoms with van der Waals surface area (Å²) in [7, 11) is 0. The van der Waals surface area contributed by atoms with Gasteiger partial charge in [-0.25, -0.2) is 0 Å². The summed E-state index contributed by atoms with van der Waals surface area (Å²) in [6.07, 6.45) is -0.499. The third-order valence-electron chi connectivity index (χ3n) is 2.52. The van der Waals surface area contributed by atoms with Gasteiger partial charge in [0.05, 0.1) is 10.6 Å². The van der Waals surface area contributed by atoms with Crippen LogP contribution in [0.2, 0.25) is 5.02 Å². The molecule has 1 aromatic rings. The summed E-state index contributed by atoms with van der Waals surface area (Å²) in [6.45, 7) is 9.18. The first-order valence-electron chi connectivity index (χ1n) is 6.19. The maximum atomic E-state index is 9.83. The Hall–Kier alpha value is -0.770. The monoisotopic (exact) mass is 272 g/mol. The van der Waals surface area contributed by atoms with E-state index in [1.807, 2.05) is 19.1 Å². The zero-order valence-corrected chi connectivity index (χ0v) is 12.3. The van der Waals surface area contributed by atoms with Crippen LogP contribution in [-0.4, -0.2) is 29.9 Å². The van der Waals surface area contributed by atoms with Crippen molar-refractivity contribution < 1.29 is 15.2 Å². The van der Waals surface area contributed by atoms with E-state index >= 15 is 0 Å². The van der Waals surface area contributed by atoms with Gasteiger partial charge in [-0.2, -0.15) is 0 Å². The zero-order valence-electron chi connectivity index (χ0n) is 11.5. The molecular weight excluding hydrogens is 250 g/mol. The number of aliphatic hydroxyl groups excluding tert-OH is 1. The number of nitrogens with two attached hydrogens (primary N) is 1. The van der Waals surface area contributed by atoms with Crippen molar-refractivity contribution in [1.29, 1.82) is 0 Å². The fraction of sp³-hybridized carbons (Fsp3) is 0.571. The maximum Gasteiger partial charge on any atom is 0.138 e. The fourth-order valence-corrected chi connectivity index (χ4v) is 1.64. The van der Waals surface area contributed by atoms with Gasteiger partial charge < -0.3 is 15.2 Å². The molecule has 3 N–H and O–H groups in total. The highest BCUT2D eigenvalue weighted by Crippen LogP contribution is 2.25. The van der Waals surface area contributed by atoms with Gasteiger partial charge in [0, 0.05) is 0 Å². The number of rotatable bonds is 5. The van der Waals surface area contributed by atoms with Crippen LogP contribution in [0.3, 0.4) is 0 Å². The van der Waals surface area contributed by atoms with Crippen molar-refractivity contribution in [3.63, 3.8) is 0 Å². The van der Waals surface area contributed by atoms with E-state index in [1.165, 1.54) is 0 Å². The Bertz CT molecular complexity index is 388. The van der Waals surface area contributed by atoms with E-state index in [2.05, 4.69) is 26.1 Å². The predicted octanol–water partition coefficient (Wildman–Crippen LogP) is 1.75. The summed E-state index contributed by atoms with van der Waals surface area (Å²) in [4.78, 5) is 0. The van der Waals surface area contributed by atoms with Gasteiger partial charge in [0.25, 0.3) is 0 Å². The van der Waals surface area contributed by atoms with Crippen LogP contribution in [0, 0.1) is 6.92 Å². The molecule has 1 aromatic carbocycles. The third-order valence-corrected chi connectivity index (χ3v) is 2.83. The number of hydrogen-bond donors (Lipinski definition) is 2. The highest BCUT2D eigenvalue weighted by atomic mass is 35.5. The van der Waals surface area contributed by atoms with Crippen molar-refractivity contribution >= 4 is 11.6 Å². The standard InChI is InChI=1S/C14H22ClNO2/c1-10-5-6-12(15)13(7-10)18-9-11(17)8-16-14(2,3)4/h5-7,11,16-17H,8-9H2,1-4H3/p+1. The summed E-state index contributed by atoms with van der Waals surface area (Å²) in [5.41, 5.74) is 1.20. The molecule has 102 valence electrons. The number of hydrogen-bond acceptors (Lipinski definition) is 2. The minimum Gasteiger partial charge on any atom is -0.489 e. The van der Waals surface area contributed by atoms with Crippen molar-refractivity contribution in [2.45, 2.75) is 39.3 Å². The van der Waals surface area contributed by atoms with Crippen LogP contribution in [0.1, 0.15) is 26.3 Å². The molecule has 0 radical (unpaired) electrons. The van der Waals surface area contributed by atoms with Gasteiger partial charge in [0.15, 0.2) is 0 Å². The molecule has 0 spiro atoms. The fourth-order valence-electron chi connectivity index (χ4n) is 1.46. The molecule has 1 unspecified atom stereocenters. The van der Waals surface area contributed by atoms with Gasteiger partial charge >= 0.3 is 0 Å². The summed E-state index contributed by atoms with van der Waals surface area (Å²) in [6, 6.07) is 5.61. The van der Waals surface area contributed by atoms with E-state index in [1.54, 1.807) is 6.07 Å². The Kier molecular flexibility index (Phi) is 5.45. The molecule has 0 saturated heterocycles. The number of benzene rings is 1. The maximum absolute atomic E-state index is 9.83. The lowest BCUT2D eigenvalue weighted by Gasteiger charge is -2.19. The molecule has 0 heterocycles. The summed E-state index contributed by atoms with van der Waals surface area (Å²) in [5.74, 6) is 0.631. The largest absolute Gasteiger partial charge is 0.489 e. The molecule has 0 aliphatic rings. The molecule has 0 aromatic heterocycles. The number of quaternary nitrogens is 1. The smallest absolute Gasteiger partial charge is 0.138 e. The van der Waals surface area contributed by atoms with Gasteiger partial charge in [0.2, 0.25) is 0 Å². The van der Waals surface area contributed by atoms with Gasteiger partial charge in [0.1, 0.15) is 25.0 Å². The number of aryl methyl sites for hydroxylation is 1. The lowest BCUT2D eigenvalue weighted by Crippen LogP contribution is -2.96. The summed E-state index contributed by atoms with van der Waals surface area (Å²) >= 11 is 6.01. The molecule has 4 heteroatoms. The average Bonchev–Trinajstić information content (AvgIpc) is 2.26. The van der Waals surface area contributed by atoms with E-state index in [4.69, 9.17) is 16.3 Å². The Labute approximate surface area is 114 Å². The van der Waals surface area contributed by atoms with E-state index < -0.39 is 6.10 Å². The van der Waals surface area contributed by atoms with Crippen LogP contribution >= 0.6 is 11.6 Å². The normalized spacial score (nSPS) is 13.4. The molecule has 0 fully saturated rings. The zero-order chi connectivity index (χ0) is 13.8. The second kappa shape index (κ2) is 6.41. The molecule has 18 heavy (non-hydrogen) atoms. The van der Waals surface area contributed by atoms with Gasteiger partial charge in [-0.1, -0.05) is 17.7 Å². The second-order valence-electron chi connectivity index (χ2n) is 5.70. The first kappa shape index (κ1) is 15.3. The first-order chi connectivity index (χ1) is 8.28. The molecule has 0 aliphatic carbocycles. The van der Waals surface area contributed by atoms with Crippen LogP contribution in [0.5, 0.6) is 5.75 Å². The van der Waals surface area contributed by atoms with Crippen molar-refractivity contribution in [3.05, 3.63) is 28.8 Å². The SMILES string of the molecule is Cc1ccc(Cl)c(OCC(O)C[NH2+]C(C)(C)C)c1. The van der Waals surface area contributed by atoms with Gasteiger partial charge in [-0.05, 0) is 45.4 Å². The lowest BCUT2D eigenvalue weighted by atomic mass is 10.1. The van der Waals surface area contributed by atoms with Crippen LogP contribution in [-0.2, 0) is 0 Å². The Balaban J connectivity index is 2.42. The van der Waals surface area contributed by atoms with Crippen molar-refractivity contribution in [3.8, 4) is 5.75 Å². The number of aliphatic hydroxyl groups is 1. The Morgan fingerprint density at radius 2 is 2.06 bits per heavy atom. The lowest BCUT2D eigenvalue weighted by molar-refractivity contribution is -0.722. The molecule has 0 amide bonds. The van der Waals surface area contributed by atoms with E-state index in [-0.39, 0.29) is 12.1 Å². The van der Waals surface area contributed by atoms with Crippen LogP contribution in [0.4, 0.5) is 0 Å². The highest BCUT2D eigenvalue weighted by molar-refractivity contribution is 6.32.